The molecule has 94 valence electrons. The van der Waals surface area contributed by atoms with Crippen molar-refractivity contribution >= 4 is 0 Å². The molecule has 2 nitrogen and oxygen atoms in total. The van der Waals surface area contributed by atoms with Crippen LogP contribution in [0.3, 0.4) is 0 Å². The van der Waals surface area contributed by atoms with Crippen molar-refractivity contribution in [2.45, 2.75) is 32.4 Å². The molecule has 2 unspecified atom stereocenters. The third-order valence-corrected chi connectivity index (χ3v) is 3.55. The molecule has 1 aliphatic heterocycles. The van der Waals surface area contributed by atoms with E-state index in [1.807, 2.05) is 12.1 Å². The molecule has 0 aromatic heterocycles. The Morgan fingerprint density at radius 1 is 1.29 bits per heavy atom. The molecule has 1 aromatic carbocycles. The molecule has 3 heteroatoms. The highest BCUT2D eigenvalue weighted by Crippen LogP contribution is 2.20. The Bertz CT molecular complexity index is 346. The summed E-state index contributed by atoms with van der Waals surface area (Å²) in [4.78, 5) is 0. The van der Waals surface area contributed by atoms with Gasteiger partial charge in [0.15, 0.2) is 0 Å². The van der Waals surface area contributed by atoms with Crippen LogP contribution in [0.1, 0.15) is 31.9 Å². The van der Waals surface area contributed by atoms with Gasteiger partial charge < -0.3 is 10.1 Å². The molecule has 17 heavy (non-hydrogen) atoms. The second-order valence-corrected chi connectivity index (χ2v) is 4.85. The van der Waals surface area contributed by atoms with E-state index in [9.17, 15) is 4.39 Å². The monoisotopic (exact) mass is 237 g/mol. The first-order valence-electron chi connectivity index (χ1n) is 6.26. The van der Waals surface area contributed by atoms with Crippen LogP contribution in [0.15, 0.2) is 24.3 Å². The molecule has 0 aliphatic carbocycles. The van der Waals surface area contributed by atoms with Gasteiger partial charge in [-0.05, 0) is 43.9 Å². The first-order chi connectivity index (χ1) is 8.16. The number of nitrogens with one attached hydrogen (secondary N) is 1. The lowest BCUT2D eigenvalue weighted by Gasteiger charge is -2.24. The molecule has 1 N–H and O–H groups in total. The number of hydrogen-bond acceptors (Lipinski definition) is 2. The molecule has 0 bridgehead atoms. The summed E-state index contributed by atoms with van der Waals surface area (Å²) in [6.07, 6.45) is 1.13. The Kier molecular flexibility index (Phi) is 4.13. The van der Waals surface area contributed by atoms with Crippen LogP contribution in [0, 0.1) is 11.7 Å². The topological polar surface area (TPSA) is 21.3 Å². The summed E-state index contributed by atoms with van der Waals surface area (Å²) in [6.45, 7) is 6.03. The average molecular weight is 237 g/mol. The zero-order valence-electron chi connectivity index (χ0n) is 10.4. The minimum atomic E-state index is -0.182. The lowest BCUT2D eigenvalue weighted by atomic mass is 9.98. The van der Waals surface area contributed by atoms with Crippen LogP contribution in [0.4, 0.5) is 4.39 Å². The first kappa shape index (κ1) is 12.5. The highest BCUT2D eigenvalue weighted by molar-refractivity contribution is 5.19. The molecule has 0 amide bonds. The molecule has 0 spiro atoms. The number of halogens is 1. The van der Waals surface area contributed by atoms with Crippen molar-refractivity contribution in [3.8, 4) is 0 Å². The summed E-state index contributed by atoms with van der Waals surface area (Å²) in [5, 5.41) is 3.56. The van der Waals surface area contributed by atoms with Crippen LogP contribution in [-0.2, 0) is 4.74 Å². The largest absolute Gasteiger partial charge is 0.381 e. The van der Waals surface area contributed by atoms with E-state index in [1.165, 1.54) is 12.1 Å². The minimum absolute atomic E-state index is 0.182. The van der Waals surface area contributed by atoms with E-state index < -0.39 is 0 Å². The Balaban J connectivity index is 1.91. The van der Waals surface area contributed by atoms with E-state index >= 15 is 0 Å². The molecule has 1 fully saturated rings. The van der Waals surface area contributed by atoms with Gasteiger partial charge in [-0.15, -0.1) is 0 Å². The predicted molar refractivity (Wildman–Crippen MR) is 66.3 cm³/mol. The van der Waals surface area contributed by atoms with Crippen LogP contribution < -0.4 is 5.32 Å². The molecule has 1 heterocycles. The predicted octanol–water partition coefficient (Wildman–Crippen LogP) is 2.90. The van der Waals surface area contributed by atoms with E-state index in [0.29, 0.717) is 12.0 Å². The lowest BCUT2D eigenvalue weighted by molar-refractivity contribution is 0.177. The number of benzene rings is 1. The van der Waals surface area contributed by atoms with E-state index in [0.717, 1.165) is 25.2 Å². The Labute approximate surface area is 102 Å². The van der Waals surface area contributed by atoms with Gasteiger partial charge in [-0.1, -0.05) is 12.1 Å². The summed E-state index contributed by atoms with van der Waals surface area (Å²) >= 11 is 0. The zero-order chi connectivity index (χ0) is 12.3. The highest BCUT2D eigenvalue weighted by Gasteiger charge is 2.23. The molecule has 3 atom stereocenters. The number of hydrogen-bond donors (Lipinski definition) is 1. The van der Waals surface area contributed by atoms with Crippen molar-refractivity contribution in [3.63, 3.8) is 0 Å². The van der Waals surface area contributed by atoms with Gasteiger partial charge in [0.05, 0.1) is 6.61 Å². The molecule has 0 saturated carbocycles. The maximum Gasteiger partial charge on any atom is 0.123 e. The quantitative estimate of drug-likeness (QED) is 0.869. The van der Waals surface area contributed by atoms with Crippen LogP contribution in [0.5, 0.6) is 0 Å². The van der Waals surface area contributed by atoms with Gasteiger partial charge in [-0.2, -0.15) is 0 Å². The molecule has 0 radical (unpaired) electrons. The van der Waals surface area contributed by atoms with Crippen LogP contribution >= 0.6 is 0 Å². The minimum Gasteiger partial charge on any atom is -0.381 e. The Morgan fingerprint density at radius 2 is 2.00 bits per heavy atom. The van der Waals surface area contributed by atoms with Gasteiger partial charge in [-0.3, -0.25) is 0 Å². The average Bonchev–Trinajstić information content (AvgIpc) is 2.83. The lowest BCUT2D eigenvalue weighted by Crippen LogP contribution is -2.35. The van der Waals surface area contributed by atoms with E-state index in [-0.39, 0.29) is 11.9 Å². The molecular formula is C14H20FNO. The van der Waals surface area contributed by atoms with Crippen molar-refractivity contribution in [3.05, 3.63) is 35.6 Å². The maximum atomic E-state index is 12.8. The van der Waals surface area contributed by atoms with Crippen LogP contribution in [0.2, 0.25) is 0 Å². The van der Waals surface area contributed by atoms with E-state index in [2.05, 4.69) is 19.2 Å². The molecule has 2 rings (SSSR count). The van der Waals surface area contributed by atoms with Gasteiger partial charge in [0, 0.05) is 18.7 Å². The van der Waals surface area contributed by atoms with E-state index in [4.69, 9.17) is 4.74 Å². The molecular weight excluding hydrogens is 217 g/mol. The van der Waals surface area contributed by atoms with Crippen molar-refractivity contribution in [1.82, 2.24) is 5.32 Å². The smallest absolute Gasteiger partial charge is 0.123 e. The van der Waals surface area contributed by atoms with Gasteiger partial charge in [0.1, 0.15) is 5.82 Å². The summed E-state index contributed by atoms with van der Waals surface area (Å²) < 4.78 is 18.2. The fourth-order valence-corrected chi connectivity index (χ4v) is 2.33. The van der Waals surface area contributed by atoms with Crippen molar-refractivity contribution in [1.29, 1.82) is 0 Å². The highest BCUT2D eigenvalue weighted by atomic mass is 19.1. The Hall–Kier alpha value is -0.930. The van der Waals surface area contributed by atoms with Gasteiger partial charge in [0.25, 0.3) is 0 Å². The molecule has 1 aliphatic rings. The maximum absolute atomic E-state index is 12.8. The number of rotatable bonds is 4. The third kappa shape index (κ3) is 3.27. The van der Waals surface area contributed by atoms with Gasteiger partial charge in [0.2, 0.25) is 0 Å². The van der Waals surface area contributed by atoms with Crippen molar-refractivity contribution in [2.75, 3.05) is 13.2 Å². The summed E-state index contributed by atoms with van der Waals surface area (Å²) in [5.74, 6) is 0.413. The summed E-state index contributed by atoms with van der Waals surface area (Å²) in [6, 6.07) is 7.37. The van der Waals surface area contributed by atoms with Crippen molar-refractivity contribution in [2.24, 2.45) is 5.92 Å². The van der Waals surface area contributed by atoms with E-state index in [1.54, 1.807) is 0 Å². The fraction of sp³-hybridized carbons (Fsp3) is 0.571. The van der Waals surface area contributed by atoms with Gasteiger partial charge in [-0.25, -0.2) is 4.39 Å². The standard InChI is InChI=1S/C14H20FNO/c1-10(12-3-5-14(15)6-4-12)16-11(2)13-7-8-17-9-13/h3-6,10-11,13,16H,7-9H2,1-2H3/t10-,11?,13?/m1/s1. The van der Waals surface area contributed by atoms with Crippen LogP contribution in [0.25, 0.3) is 0 Å². The second-order valence-electron chi connectivity index (χ2n) is 4.85. The number of ether oxygens (including phenoxy) is 1. The molecule has 1 saturated heterocycles. The van der Waals surface area contributed by atoms with Gasteiger partial charge >= 0.3 is 0 Å². The Morgan fingerprint density at radius 3 is 2.59 bits per heavy atom. The first-order valence-corrected chi connectivity index (χ1v) is 6.26. The SMILES string of the molecule is CC(N[C@H](C)c1ccc(F)cc1)C1CCOC1. The third-order valence-electron chi connectivity index (χ3n) is 3.55. The zero-order valence-corrected chi connectivity index (χ0v) is 10.4. The van der Waals surface area contributed by atoms with Crippen molar-refractivity contribution < 1.29 is 9.13 Å². The summed E-state index contributed by atoms with van der Waals surface area (Å²) in [5.41, 5.74) is 1.12. The molecule has 1 aromatic rings. The summed E-state index contributed by atoms with van der Waals surface area (Å²) in [7, 11) is 0. The second kappa shape index (κ2) is 5.61. The fourth-order valence-electron chi connectivity index (χ4n) is 2.33. The van der Waals surface area contributed by atoms with Crippen LogP contribution in [-0.4, -0.2) is 19.3 Å². The normalized spacial score (nSPS) is 23.6.